The SMILES string of the molecule is C[C@@H](Sc1ccccc1)C(=O)Nc1cccc(Cl)c1Cl. The molecule has 1 N–H and O–H groups in total. The van der Waals surface area contributed by atoms with Crippen molar-refractivity contribution in [2.75, 3.05) is 5.32 Å². The van der Waals surface area contributed by atoms with Gasteiger partial charge in [-0.25, -0.2) is 0 Å². The summed E-state index contributed by atoms with van der Waals surface area (Å²) >= 11 is 13.5. The third-order valence-corrected chi connectivity index (χ3v) is 4.57. The highest BCUT2D eigenvalue weighted by molar-refractivity contribution is 8.00. The minimum atomic E-state index is -0.229. The molecule has 0 aliphatic carbocycles. The highest BCUT2D eigenvalue weighted by Crippen LogP contribution is 2.30. The van der Waals surface area contributed by atoms with Crippen LogP contribution in [0.2, 0.25) is 10.0 Å². The van der Waals surface area contributed by atoms with Crippen LogP contribution in [0.15, 0.2) is 53.4 Å². The van der Waals surface area contributed by atoms with E-state index in [0.29, 0.717) is 15.7 Å². The molecule has 5 heteroatoms. The molecule has 0 aliphatic rings. The fourth-order valence-corrected chi connectivity index (χ4v) is 2.83. The van der Waals surface area contributed by atoms with Crippen molar-refractivity contribution in [1.82, 2.24) is 0 Å². The molecule has 2 aromatic rings. The number of carbonyl (C=O) groups excluding carboxylic acids is 1. The van der Waals surface area contributed by atoms with Crippen LogP contribution in [0.25, 0.3) is 0 Å². The number of carbonyl (C=O) groups is 1. The van der Waals surface area contributed by atoms with E-state index in [1.165, 1.54) is 11.8 Å². The topological polar surface area (TPSA) is 29.1 Å². The summed E-state index contributed by atoms with van der Waals surface area (Å²) in [5, 5.41) is 3.35. The van der Waals surface area contributed by atoms with Crippen LogP contribution in [0.3, 0.4) is 0 Å². The Morgan fingerprint density at radius 1 is 1.10 bits per heavy atom. The molecular formula is C15H13Cl2NOS. The predicted molar refractivity (Wildman–Crippen MR) is 86.9 cm³/mol. The maximum absolute atomic E-state index is 12.1. The standard InChI is InChI=1S/C15H13Cl2NOS/c1-10(20-11-6-3-2-4-7-11)15(19)18-13-9-5-8-12(16)14(13)17/h2-10H,1H3,(H,18,19)/t10-/m1/s1. The molecule has 0 aromatic heterocycles. The third-order valence-electron chi connectivity index (χ3n) is 2.63. The molecule has 1 amide bonds. The van der Waals surface area contributed by atoms with Gasteiger partial charge in [0.25, 0.3) is 0 Å². The normalized spacial score (nSPS) is 11.9. The smallest absolute Gasteiger partial charge is 0.237 e. The minimum Gasteiger partial charge on any atom is -0.324 e. The molecule has 0 spiro atoms. The van der Waals surface area contributed by atoms with Crippen molar-refractivity contribution in [3.8, 4) is 0 Å². The molecule has 2 nitrogen and oxygen atoms in total. The van der Waals surface area contributed by atoms with Crippen molar-refractivity contribution >= 4 is 46.6 Å². The second-order valence-corrected chi connectivity index (χ2v) is 6.36. The molecule has 2 rings (SSSR count). The lowest BCUT2D eigenvalue weighted by Crippen LogP contribution is -2.22. The number of amides is 1. The quantitative estimate of drug-likeness (QED) is 0.791. The van der Waals surface area contributed by atoms with Crippen LogP contribution in [-0.4, -0.2) is 11.2 Å². The molecule has 104 valence electrons. The fourth-order valence-electron chi connectivity index (χ4n) is 1.59. The van der Waals surface area contributed by atoms with Gasteiger partial charge in [0.05, 0.1) is 21.0 Å². The summed E-state index contributed by atoms with van der Waals surface area (Å²) in [6.07, 6.45) is 0. The second-order valence-electron chi connectivity index (χ2n) is 4.16. The number of hydrogen-bond donors (Lipinski definition) is 1. The Morgan fingerprint density at radius 2 is 1.80 bits per heavy atom. The van der Waals surface area contributed by atoms with Crippen LogP contribution in [-0.2, 0) is 4.79 Å². The monoisotopic (exact) mass is 325 g/mol. The largest absolute Gasteiger partial charge is 0.324 e. The lowest BCUT2D eigenvalue weighted by Gasteiger charge is -2.13. The predicted octanol–water partition coefficient (Wildman–Crippen LogP) is 5.11. The zero-order valence-corrected chi connectivity index (χ0v) is 13.1. The number of anilines is 1. The van der Waals surface area contributed by atoms with E-state index in [2.05, 4.69) is 5.32 Å². The van der Waals surface area contributed by atoms with Crippen molar-refractivity contribution < 1.29 is 4.79 Å². The fraction of sp³-hybridized carbons (Fsp3) is 0.133. The first kappa shape index (κ1) is 15.2. The zero-order valence-electron chi connectivity index (χ0n) is 10.8. The summed E-state index contributed by atoms with van der Waals surface area (Å²) in [4.78, 5) is 13.2. The molecule has 1 atom stereocenters. The maximum atomic E-state index is 12.1. The van der Waals surface area contributed by atoms with E-state index in [1.54, 1.807) is 18.2 Å². The highest BCUT2D eigenvalue weighted by atomic mass is 35.5. The van der Waals surface area contributed by atoms with Crippen molar-refractivity contribution in [2.45, 2.75) is 17.1 Å². The van der Waals surface area contributed by atoms with Gasteiger partial charge in [-0.15, -0.1) is 11.8 Å². The number of benzene rings is 2. The van der Waals surface area contributed by atoms with E-state index in [1.807, 2.05) is 37.3 Å². The lowest BCUT2D eigenvalue weighted by atomic mass is 10.3. The van der Waals surface area contributed by atoms with Gasteiger partial charge < -0.3 is 5.32 Å². The van der Waals surface area contributed by atoms with Crippen molar-refractivity contribution in [2.24, 2.45) is 0 Å². The Balaban J connectivity index is 2.03. The summed E-state index contributed by atoms with van der Waals surface area (Å²) in [6, 6.07) is 14.9. The number of nitrogens with one attached hydrogen (secondary N) is 1. The second kappa shape index (κ2) is 7.02. The molecule has 0 radical (unpaired) electrons. The van der Waals surface area contributed by atoms with Gasteiger partial charge in [-0.2, -0.15) is 0 Å². The summed E-state index contributed by atoms with van der Waals surface area (Å²) in [6.45, 7) is 1.85. The molecule has 0 saturated heterocycles. The molecule has 0 fully saturated rings. The van der Waals surface area contributed by atoms with Gasteiger partial charge in [0.15, 0.2) is 0 Å². The van der Waals surface area contributed by atoms with E-state index < -0.39 is 0 Å². The van der Waals surface area contributed by atoms with Crippen molar-refractivity contribution in [3.05, 3.63) is 58.6 Å². The van der Waals surface area contributed by atoms with Crippen LogP contribution >= 0.6 is 35.0 Å². The minimum absolute atomic E-state index is 0.108. The van der Waals surface area contributed by atoms with Gasteiger partial charge in [0, 0.05) is 4.90 Å². The van der Waals surface area contributed by atoms with Crippen LogP contribution in [0, 0.1) is 0 Å². The molecule has 0 heterocycles. The van der Waals surface area contributed by atoms with Crippen LogP contribution in [0.4, 0.5) is 5.69 Å². The van der Waals surface area contributed by atoms with Gasteiger partial charge >= 0.3 is 0 Å². The van der Waals surface area contributed by atoms with E-state index in [4.69, 9.17) is 23.2 Å². The Labute approximate surface area is 132 Å². The van der Waals surface area contributed by atoms with Gasteiger partial charge in [0.1, 0.15) is 0 Å². The van der Waals surface area contributed by atoms with E-state index in [0.717, 1.165) is 4.90 Å². The lowest BCUT2D eigenvalue weighted by molar-refractivity contribution is -0.115. The average molecular weight is 326 g/mol. The van der Waals surface area contributed by atoms with Crippen molar-refractivity contribution in [1.29, 1.82) is 0 Å². The summed E-state index contributed by atoms with van der Waals surface area (Å²) < 4.78 is 0. The van der Waals surface area contributed by atoms with Gasteiger partial charge in [-0.1, -0.05) is 47.5 Å². The van der Waals surface area contributed by atoms with Crippen molar-refractivity contribution in [3.63, 3.8) is 0 Å². The van der Waals surface area contributed by atoms with E-state index >= 15 is 0 Å². The highest BCUT2D eigenvalue weighted by Gasteiger charge is 2.16. The first-order chi connectivity index (χ1) is 9.58. The maximum Gasteiger partial charge on any atom is 0.237 e. The van der Waals surface area contributed by atoms with Gasteiger partial charge in [-0.3, -0.25) is 4.79 Å². The number of thioether (sulfide) groups is 1. The Morgan fingerprint density at radius 3 is 2.50 bits per heavy atom. The Hall–Kier alpha value is -1.16. The Bertz CT molecular complexity index is 604. The third kappa shape index (κ3) is 3.92. The average Bonchev–Trinajstić information content (AvgIpc) is 2.45. The Kier molecular flexibility index (Phi) is 5.35. The van der Waals surface area contributed by atoms with Crippen LogP contribution < -0.4 is 5.32 Å². The summed E-state index contributed by atoms with van der Waals surface area (Å²) in [5.74, 6) is -0.108. The van der Waals surface area contributed by atoms with E-state index in [-0.39, 0.29) is 11.2 Å². The molecule has 0 bridgehead atoms. The molecule has 0 unspecified atom stereocenters. The zero-order chi connectivity index (χ0) is 14.5. The molecule has 20 heavy (non-hydrogen) atoms. The number of rotatable bonds is 4. The van der Waals surface area contributed by atoms with E-state index in [9.17, 15) is 4.79 Å². The molecule has 0 aliphatic heterocycles. The van der Waals surface area contributed by atoms with Crippen LogP contribution in [0.1, 0.15) is 6.92 Å². The summed E-state index contributed by atoms with van der Waals surface area (Å²) in [5.41, 5.74) is 0.532. The molecule has 0 saturated carbocycles. The first-order valence-electron chi connectivity index (χ1n) is 6.04. The first-order valence-corrected chi connectivity index (χ1v) is 7.68. The molecular weight excluding hydrogens is 313 g/mol. The molecule has 2 aromatic carbocycles. The van der Waals surface area contributed by atoms with Gasteiger partial charge in [0.2, 0.25) is 5.91 Å². The summed E-state index contributed by atoms with van der Waals surface area (Å²) in [7, 11) is 0. The van der Waals surface area contributed by atoms with Crippen LogP contribution in [0.5, 0.6) is 0 Å². The number of halogens is 2. The number of hydrogen-bond acceptors (Lipinski definition) is 2. The van der Waals surface area contributed by atoms with Gasteiger partial charge in [-0.05, 0) is 31.2 Å².